The quantitative estimate of drug-likeness (QED) is 0.702. The van der Waals surface area contributed by atoms with Crippen molar-refractivity contribution in [2.75, 3.05) is 0 Å². The minimum absolute atomic E-state index is 0.0259. The van der Waals surface area contributed by atoms with Crippen molar-refractivity contribution in [1.82, 2.24) is 0 Å². The summed E-state index contributed by atoms with van der Waals surface area (Å²) in [6.07, 6.45) is 10.1. The molecule has 0 spiro atoms. The fourth-order valence-electron chi connectivity index (χ4n) is 6.52. The Hall–Kier alpha value is -0.600. The Morgan fingerprint density at radius 3 is 2.57 bits per heavy atom. The highest BCUT2D eigenvalue weighted by atomic mass is 35.5. The van der Waals surface area contributed by atoms with Crippen LogP contribution in [0.15, 0.2) is 22.8 Å². The topological polar surface area (TPSA) is 37.3 Å². The van der Waals surface area contributed by atoms with Crippen molar-refractivity contribution >= 4 is 17.4 Å². The number of carbonyl (C=O) groups is 1. The second-order valence-corrected chi connectivity index (χ2v) is 9.33. The van der Waals surface area contributed by atoms with Crippen molar-refractivity contribution in [2.24, 2.45) is 28.6 Å². The number of hydrogen-bond donors (Lipinski definition) is 1. The lowest BCUT2D eigenvalue weighted by Gasteiger charge is -2.58. The first kappa shape index (κ1) is 15.9. The van der Waals surface area contributed by atoms with Crippen LogP contribution in [-0.4, -0.2) is 16.5 Å². The van der Waals surface area contributed by atoms with E-state index in [0.717, 1.165) is 38.5 Å². The molecular formula is C20H27ClO2. The molecule has 2 nitrogen and oxygen atoms in total. The number of ketones is 1. The monoisotopic (exact) mass is 334 g/mol. The third-order valence-electron chi connectivity index (χ3n) is 8.21. The van der Waals surface area contributed by atoms with Gasteiger partial charge in [-0.3, -0.25) is 4.79 Å². The van der Waals surface area contributed by atoms with Gasteiger partial charge in [0.1, 0.15) is 0 Å². The van der Waals surface area contributed by atoms with Gasteiger partial charge in [-0.2, -0.15) is 0 Å². The summed E-state index contributed by atoms with van der Waals surface area (Å²) in [5, 5.41) is 11.4. The Morgan fingerprint density at radius 1 is 1.13 bits per heavy atom. The molecule has 0 saturated heterocycles. The molecule has 0 heterocycles. The number of aliphatic hydroxyl groups is 1. The minimum atomic E-state index is -0.532. The van der Waals surface area contributed by atoms with Gasteiger partial charge in [0.25, 0.3) is 0 Å². The summed E-state index contributed by atoms with van der Waals surface area (Å²) in [7, 11) is 0. The third-order valence-corrected chi connectivity index (χ3v) is 8.62. The van der Waals surface area contributed by atoms with Gasteiger partial charge in [0.2, 0.25) is 0 Å². The van der Waals surface area contributed by atoms with Crippen LogP contribution in [0, 0.1) is 28.6 Å². The van der Waals surface area contributed by atoms with Crippen LogP contribution in [0.1, 0.15) is 59.3 Å². The summed E-state index contributed by atoms with van der Waals surface area (Å²) in [4.78, 5) is 12.0. The standard InChI is InChI=1S/C20H27ClO2/c1-18-9-8-16(22)17(21)15(18)5-4-12-13(18)6-10-19(2)14(12)7-11-20(19,3)23/h8-9,12-14,23H,4-7,10-11H2,1-3H3/t12-,13-,14+,18-,19+,20?/m1/s1. The van der Waals surface area contributed by atoms with Crippen LogP contribution in [0.3, 0.4) is 0 Å². The molecule has 23 heavy (non-hydrogen) atoms. The maximum atomic E-state index is 12.0. The first-order chi connectivity index (χ1) is 10.7. The molecule has 1 N–H and O–H groups in total. The van der Waals surface area contributed by atoms with E-state index in [4.69, 9.17) is 11.6 Å². The molecule has 4 aliphatic carbocycles. The lowest BCUT2D eigenvalue weighted by molar-refractivity contribution is -0.114. The molecular weight excluding hydrogens is 308 g/mol. The molecule has 4 aliphatic rings. The van der Waals surface area contributed by atoms with E-state index in [1.165, 1.54) is 5.57 Å². The molecule has 0 aliphatic heterocycles. The highest BCUT2D eigenvalue weighted by Gasteiger charge is 2.62. The molecule has 3 heteroatoms. The fraction of sp³-hybridized carbons (Fsp3) is 0.750. The van der Waals surface area contributed by atoms with E-state index in [1.54, 1.807) is 6.08 Å². The Kier molecular flexibility index (Phi) is 3.27. The van der Waals surface area contributed by atoms with E-state index in [9.17, 15) is 9.90 Å². The predicted octanol–water partition coefficient (Wildman–Crippen LogP) is 4.61. The Balaban J connectivity index is 1.74. The maximum absolute atomic E-state index is 12.0. The Labute approximate surface area is 144 Å². The molecule has 4 rings (SSSR count). The molecule has 0 radical (unpaired) electrons. The summed E-state index contributed by atoms with van der Waals surface area (Å²) in [5.74, 6) is 1.76. The average Bonchev–Trinajstić information content (AvgIpc) is 2.74. The Morgan fingerprint density at radius 2 is 1.83 bits per heavy atom. The van der Waals surface area contributed by atoms with Crippen LogP contribution >= 0.6 is 11.6 Å². The molecule has 3 saturated carbocycles. The number of carbonyl (C=O) groups excluding carboxylic acids is 1. The summed E-state index contributed by atoms with van der Waals surface area (Å²) in [6, 6.07) is 0. The average molecular weight is 335 g/mol. The second-order valence-electron chi connectivity index (χ2n) is 8.96. The van der Waals surface area contributed by atoms with Crippen LogP contribution in [0.25, 0.3) is 0 Å². The normalized spacial score (nSPS) is 52.2. The van der Waals surface area contributed by atoms with Crippen LogP contribution < -0.4 is 0 Å². The molecule has 0 aromatic heterocycles. The zero-order chi connectivity index (χ0) is 16.6. The third kappa shape index (κ3) is 1.88. The molecule has 0 bridgehead atoms. The van der Waals surface area contributed by atoms with E-state index in [-0.39, 0.29) is 16.6 Å². The maximum Gasteiger partial charge on any atom is 0.196 e. The molecule has 0 amide bonds. The lowest BCUT2D eigenvalue weighted by atomic mass is 9.47. The van der Waals surface area contributed by atoms with Gasteiger partial charge in [-0.05, 0) is 80.3 Å². The first-order valence-electron chi connectivity index (χ1n) is 9.06. The Bertz CT molecular complexity index is 632. The number of hydrogen-bond acceptors (Lipinski definition) is 2. The van der Waals surface area contributed by atoms with Gasteiger partial charge in [-0.25, -0.2) is 0 Å². The van der Waals surface area contributed by atoms with Crippen molar-refractivity contribution in [2.45, 2.75) is 64.9 Å². The van der Waals surface area contributed by atoms with E-state index in [2.05, 4.69) is 19.9 Å². The van der Waals surface area contributed by atoms with E-state index in [0.29, 0.717) is 22.8 Å². The summed E-state index contributed by atoms with van der Waals surface area (Å²) in [5.41, 5.74) is 0.615. The summed E-state index contributed by atoms with van der Waals surface area (Å²) >= 11 is 6.38. The second kappa shape index (κ2) is 4.73. The molecule has 0 aromatic carbocycles. The van der Waals surface area contributed by atoms with Crippen molar-refractivity contribution in [3.63, 3.8) is 0 Å². The van der Waals surface area contributed by atoms with Crippen LogP contribution in [-0.2, 0) is 4.79 Å². The number of allylic oxidation sites excluding steroid dienone is 4. The van der Waals surface area contributed by atoms with Gasteiger partial charge in [0.15, 0.2) is 5.78 Å². The molecule has 6 atom stereocenters. The van der Waals surface area contributed by atoms with Gasteiger partial charge < -0.3 is 5.11 Å². The first-order valence-corrected chi connectivity index (χ1v) is 9.43. The zero-order valence-corrected chi connectivity index (χ0v) is 15.1. The molecule has 3 fully saturated rings. The van der Waals surface area contributed by atoms with Crippen LogP contribution in [0.5, 0.6) is 0 Å². The van der Waals surface area contributed by atoms with Crippen LogP contribution in [0.4, 0.5) is 0 Å². The highest BCUT2D eigenvalue weighted by Crippen LogP contribution is 2.67. The van der Waals surface area contributed by atoms with Crippen molar-refractivity contribution in [3.05, 3.63) is 22.8 Å². The van der Waals surface area contributed by atoms with Crippen molar-refractivity contribution in [1.29, 1.82) is 0 Å². The van der Waals surface area contributed by atoms with Crippen LogP contribution in [0.2, 0.25) is 0 Å². The summed E-state index contributed by atoms with van der Waals surface area (Å²) < 4.78 is 0. The smallest absolute Gasteiger partial charge is 0.196 e. The number of rotatable bonds is 0. The zero-order valence-electron chi connectivity index (χ0n) is 14.4. The SMILES string of the molecule is CC1(O)CC[C@H]2[C@@H]3CCC4=C(Cl)C(=O)C=C[C@]4(C)[C@@H]3CC[C@@]21C. The van der Waals surface area contributed by atoms with Crippen molar-refractivity contribution in [3.8, 4) is 0 Å². The summed E-state index contributed by atoms with van der Waals surface area (Å²) in [6.45, 7) is 6.63. The largest absolute Gasteiger partial charge is 0.390 e. The van der Waals surface area contributed by atoms with Gasteiger partial charge in [-0.15, -0.1) is 0 Å². The van der Waals surface area contributed by atoms with Gasteiger partial charge >= 0.3 is 0 Å². The molecule has 126 valence electrons. The van der Waals surface area contributed by atoms with Gasteiger partial charge in [-0.1, -0.05) is 31.5 Å². The van der Waals surface area contributed by atoms with Crippen molar-refractivity contribution < 1.29 is 9.90 Å². The molecule has 1 unspecified atom stereocenters. The number of halogens is 1. The van der Waals surface area contributed by atoms with E-state index >= 15 is 0 Å². The van der Waals surface area contributed by atoms with E-state index < -0.39 is 5.60 Å². The predicted molar refractivity (Wildman–Crippen MR) is 92.0 cm³/mol. The lowest BCUT2D eigenvalue weighted by Crippen LogP contribution is -2.53. The van der Waals surface area contributed by atoms with E-state index in [1.807, 2.05) is 6.92 Å². The van der Waals surface area contributed by atoms with Gasteiger partial charge in [0, 0.05) is 5.41 Å². The fourth-order valence-corrected chi connectivity index (χ4v) is 6.88. The van der Waals surface area contributed by atoms with Gasteiger partial charge in [0.05, 0.1) is 10.6 Å². The highest BCUT2D eigenvalue weighted by molar-refractivity contribution is 6.45. The minimum Gasteiger partial charge on any atom is -0.390 e. The number of fused-ring (bicyclic) bond motifs is 5. The molecule has 0 aromatic rings.